The van der Waals surface area contributed by atoms with E-state index < -0.39 is 29.5 Å². The molecule has 0 aromatic carbocycles. The second kappa shape index (κ2) is 5.10. The Balaban J connectivity index is 2.81. The van der Waals surface area contributed by atoms with Crippen molar-refractivity contribution in [3.63, 3.8) is 0 Å². The van der Waals surface area contributed by atoms with Crippen molar-refractivity contribution < 1.29 is 23.1 Å². The number of esters is 1. The molecule has 1 saturated carbocycles. The molecule has 1 rings (SSSR count). The van der Waals surface area contributed by atoms with Crippen LogP contribution in [-0.2, 0) is 14.3 Å². The molecule has 0 aromatic rings. The van der Waals surface area contributed by atoms with Gasteiger partial charge in [-0.15, -0.1) is 0 Å². The van der Waals surface area contributed by atoms with Gasteiger partial charge in [-0.2, -0.15) is 0 Å². The highest BCUT2D eigenvalue weighted by Crippen LogP contribution is 2.55. The molecule has 1 aliphatic rings. The number of carbonyl (C=O) groups excluding carboxylic acids is 2. The summed E-state index contributed by atoms with van der Waals surface area (Å²) in [5, 5.41) is 0. The molecule has 0 spiro atoms. The summed E-state index contributed by atoms with van der Waals surface area (Å²) in [6.45, 7) is 1.66. The van der Waals surface area contributed by atoms with Gasteiger partial charge >= 0.3 is 5.97 Å². The lowest BCUT2D eigenvalue weighted by molar-refractivity contribution is -0.183. The topological polar surface area (TPSA) is 43.4 Å². The molecular weight excluding hydrogens is 230 g/mol. The Kier molecular flexibility index (Phi) is 4.22. The number of hydrogen-bond acceptors (Lipinski definition) is 3. The predicted octanol–water partition coefficient (Wildman–Crippen LogP) is 2.72. The first-order valence-corrected chi connectivity index (χ1v) is 5.87. The van der Waals surface area contributed by atoms with Gasteiger partial charge in [0.05, 0.1) is 12.5 Å². The Hall–Kier alpha value is -1.00. The molecule has 98 valence electrons. The number of ether oxygens (including phenoxy) is 1. The van der Waals surface area contributed by atoms with Crippen molar-refractivity contribution in [2.24, 2.45) is 5.41 Å². The third-order valence-corrected chi connectivity index (χ3v) is 3.54. The van der Waals surface area contributed by atoms with Crippen LogP contribution in [0.15, 0.2) is 0 Å². The van der Waals surface area contributed by atoms with Crippen molar-refractivity contribution in [1.82, 2.24) is 0 Å². The highest BCUT2D eigenvalue weighted by molar-refractivity contribution is 5.99. The average Bonchev–Trinajstić information content (AvgIpc) is 2.14. The summed E-state index contributed by atoms with van der Waals surface area (Å²) in [4.78, 5) is 22.9. The van der Waals surface area contributed by atoms with Gasteiger partial charge in [0.1, 0.15) is 6.42 Å². The van der Waals surface area contributed by atoms with Crippen LogP contribution in [0.1, 0.15) is 45.4 Å². The Labute approximate surface area is 99.5 Å². The lowest BCUT2D eigenvalue weighted by atomic mass is 9.60. The van der Waals surface area contributed by atoms with Crippen LogP contribution in [-0.4, -0.2) is 24.8 Å². The van der Waals surface area contributed by atoms with E-state index in [4.69, 9.17) is 0 Å². The molecule has 0 unspecified atom stereocenters. The molecule has 0 amide bonds. The number of Topliss-reactive ketones (excluding diaryl/α,β-unsaturated/α-hetero) is 1. The zero-order valence-electron chi connectivity index (χ0n) is 10.2. The molecule has 17 heavy (non-hydrogen) atoms. The van der Waals surface area contributed by atoms with E-state index in [0.717, 1.165) is 7.11 Å². The Morgan fingerprint density at radius 2 is 1.94 bits per heavy atom. The van der Waals surface area contributed by atoms with Crippen LogP contribution in [0.25, 0.3) is 0 Å². The first-order valence-electron chi connectivity index (χ1n) is 5.87. The summed E-state index contributed by atoms with van der Waals surface area (Å²) in [6, 6.07) is 0. The second-order valence-electron chi connectivity index (χ2n) is 4.57. The van der Waals surface area contributed by atoms with Gasteiger partial charge in [0.15, 0.2) is 5.78 Å². The van der Waals surface area contributed by atoms with Gasteiger partial charge in [-0.3, -0.25) is 9.59 Å². The standard InChI is InChI=1S/C12H18F2O3/c1-3-5-12(13,14)11(6-4-7-11)9(15)8-10(16)17-2/h3-8H2,1-2H3. The van der Waals surface area contributed by atoms with Gasteiger partial charge in [0, 0.05) is 6.42 Å². The van der Waals surface area contributed by atoms with Crippen LogP contribution in [0, 0.1) is 5.41 Å². The summed E-state index contributed by atoms with van der Waals surface area (Å²) >= 11 is 0. The lowest BCUT2D eigenvalue weighted by Crippen LogP contribution is -2.52. The van der Waals surface area contributed by atoms with Crippen molar-refractivity contribution in [2.45, 2.75) is 51.4 Å². The van der Waals surface area contributed by atoms with E-state index in [2.05, 4.69) is 4.74 Å². The molecule has 1 aliphatic carbocycles. The van der Waals surface area contributed by atoms with Crippen LogP contribution in [0.3, 0.4) is 0 Å². The quantitative estimate of drug-likeness (QED) is 0.536. The normalized spacial score (nSPS) is 18.4. The van der Waals surface area contributed by atoms with Gasteiger partial charge < -0.3 is 4.74 Å². The van der Waals surface area contributed by atoms with Gasteiger partial charge in [0.2, 0.25) is 0 Å². The van der Waals surface area contributed by atoms with Crippen LogP contribution >= 0.6 is 0 Å². The maximum Gasteiger partial charge on any atom is 0.313 e. The smallest absolute Gasteiger partial charge is 0.313 e. The van der Waals surface area contributed by atoms with E-state index in [-0.39, 0.29) is 19.3 Å². The van der Waals surface area contributed by atoms with Crippen LogP contribution in [0.5, 0.6) is 0 Å². The van der Waals surface area contributed by atoms with Gasteiger partial charge in [0.25, 0.3) is 5.92 Å². The highest BCUT2D eigenvalue weighted by Gasteiger charge is 2.60. The van der Waals surface area contributed by atoms with E-state index in [0.29, 0.717) is 12.8 Å². The average molecular weight is 248 g/mol. The monoisotopic (exact) mass is 248 g/mol. The van der Waals surface area contributed by atoms with Gasteiger partial charge in [-0.05, 0) is 12.8 Å². The van der Waals surface area contributed by atoms with E-state index in [1.807, 2.05) is 0 Å². The number of ketones is 1. The van der Waals surface area contributed by atoms with E-state index in [1.165, 1.54) is 0 Å². The lowest BCUT2D eigenvalue weighted by Gasteiger charge is -2.45. The van der Waals surface area contributed by atoms with Crippen LogP contribution in [0.4, 0.5) is 8.78 Å². The summed E-state index contributed by atoms with van der Waals surface area (Å²) in [7, 11) is 1.15. The second-order valence-corrected chi connectivity index (χ2v) is 4.57. The zero-order chi connectivity index (χ0) is 13.1. The number of methoxy groups -OCH3 is 1. The Bertz CT molecular complexity index is 309. The minimum absolute atomic E-state index is 0.176. The number of rotatable bonds is 6. The molecule has 0 saturated heterocycles. The minimum atomic E-state index is -3.01. The first kappa shape index (κ1) is 14.1. The predicted molar refractivity (Wildman–Crippen MR) is 57.8 cm³/mol. The number of halogens is 2. The number of hydrogen-bond donors (Lipinski definition) is 0. The fourth-order valence-corrected chi connectivity index (χ4v) is 2.30. The molecule has 0 N–H and O–H groups in total. The largest absolute Gasteiger partial charge is 0.469 e. The Morgan fingerprint density at radius 3 is 2.29 bits per heavy atom. The zero-order valence-corrected chi connectivity index (χ0v) is 10.2. The van der Waals surface area contributed by atoms with Crippen molar-refractivity contribution in [1.29, 1.82) is 0 Å². The molecule has 0 bridgehead atoms. The number of alkyl halides is 2. The maximum absolute atomic E-state index is 14.0. The van der Waals surface area contributed by atoms with Crippen molar-refractivity contribution in [3.05, 3.63) is 0 Å². The minimum Gasteiger partial charge on any atom is -0.469 e. The fraction of sp³-hybridized carbons (Fsp3) is 0.833. The summed E-state index contributed by atoms with van der Waals surface area (Å²) < 4.78 is 32.3. The maximum atomic E-state index is 14.0. The summed E-state index contributed by atoms with van der Waals surface area (Å²) in [5.41, 5.74) is -1.61. The van der Waals surface area contributed by atoms with E-state index in [9.17, 15) is 18.4 Å². The van der Waals surface area contributed by atoms with Gasteiger partial charge in [-0.1, -0.05) is 19.8 Å². The third-order valence-electron chi connectivity index (χ3n) is 3.54. The third kappa shape index (κ3) is 2.48. The molecule has 5 heteroatoms. The van der Waals surface area contributed by atoms with Crippen LogP contribution < -0.4 is 0 Å². The molecule has 0 heterocycles. The van der Waals surface area contributed by atoms with E-state index >= 15 is 0 Å². The fourth-order valence-electron chi connectivity index (χ4n) is 2.30. The highest BCUT2D eigenvalue weighted by atomic mass is 19.3. The first-order chi connectivity index (χ1) is 7.89. The molecule has 0 radical (unpaired) electrons. The van der Waals surface area contributed by atoms with Crippen molar-refractivity contribution in [2.75, 3.05) is 7.11 Å². The summed E-state index contributed by atoms with van der Waals surface area (Å²) in [6.07, 6.45) is 0.438. The SMILES string of the molecule is CCCC(F)(F)C1(C(=O)CC(=O)OC)CCC1. The molecule has 0 aromatic heterocycles. The van der Waals surface area contributed by atoms with Gasteiger partial charge in [-0.25, -0.2) is 8.78 Å². The summed E-state index contributed by atoms with van der Waals surface area (Å²) in [5.74, 6) is -4.42. The number of carbonyl (C=O) groups is 2. The molecule has 0 aliphatic heterocycles. The molecule has 3 nitrogen and oxygen atoms in total. The van der Waals surface area contributed by atoms with Crippen molar-refractivity contribution >= 4 is 11.8 Å². The molecular formula is C12H18F2O3. The Morgan fingerprint density at radius 1 is 1.35 bits per heavy atom. The van der Waals surface area contributed by atoms with Crippen LogP contribution in [0.2, 0.25) is 0 Å². The molecule has 1 fully saturated rings. The van der Waals surface area contributed by atoms with E-state index in [1.54, 1.807) is 6.92 Å². The van der Waals surface area contributed by atoms with Crippen molar-refractivity contribution in [3.8, 4) is 0 Å². The molecule has 0 atom stereocenters.